The highest BCUT2D eigenvalue weighted by Gasteiger charge is 2.34. The fraction of sp³-hybridized carbons (Fsp3) is 0.222. The summed E-state index contributed by atoms with van der Waals surface area (Å²) in [4.78, 5) is 26.2. The summed E-state index contributed by atoms with van der Waals surface area (Å²) >= 11 is 3.36. The van der Waals surface area contributed by atoms with E-state index in [1.165, 1.54) is 0 Å². The Bertz CT molecular complexity index is 701. The van der Waals surface area contributed by atoms with Crippen molar-refractivity contribution in [3.63, 3.8) is 0 Å². The molecule has 1 aliphatic heterocycles. The minimum atomic E-state index is -0.296. The molecule has 5 heteroatoms. The maximum Gasteiger partial charge on any atom is 0.229 e. The molecule has 1 N–H and O–H groups in total. The van der Waals surface area contributed by atoms with E-state index in [1.807, 2.05) is 54.6 Å². The van der Waals surface area contributed by atoms with Crippen LogP contribution >= 0.6 is 15.9 Å². The van der Waals surface area contributed by atoms with Gasteiger partial charge in [-0.05, 0) is 29.8 Å². The number of nitrogens with one attached hydrogen (secondary N) is 1. The van der Waals surface area contributed by atoms with Crippen LogP contribution in [0.3, 0.4) is 0 Å². The van der Waals surface area contributed by atoms with Crippen molar-refractivity contribution in [1.82, 2.24) is 4.90 Å². The van der Waals surface area contributed by atoms with Gasteiger partial charge < -0.3 is 10.2 Å². The Kier molecular flexibility index (Phi) is 4.76. The first-order valence-corrected chi connectivity index (χ1v) is 8.29. The fourth-order valence-electron chi connectivity index (χ4n) is 2.68. The first-order chi connectivity index (χ1) is 11.1. The first kappa shape index (κ1) is 15.7. The molecule has 0 saturated carbocycles. The molecule has 0 unspecified atom stereocenters. The van der Waals surface area contributed by atoms with Crippen molar-refractivity contribution in [2.24, 2.45) is 5.92 Å². The zero-order chi connectivity index (χ0) is 16.2. The van der Waals surface area contributed by atoms with Crippen LogP contribution in [-0.2, 0) is 16.1 Å². The summed E-state index contributed by atoms with van der Waals surface area (Å²) in [7, 11) is 0. The van der Waals surface area contributed by atoms with E-state index in [1.54, 1.807) is 4.90 Å². The molecule has 1 heterocycles. The smallest absolute Gasteiger partial charge is 0.229 e. The molecule has 4 nitrogen and oxygen atoms in total. The molecule has 2 aromatic rings. The third kappa shape index (κ3) is 3.99. The molecule has 1 aliphatic rings. The van der Waals surface area contributed by atoms with Crippen LogP contribution in [0.2, 0.25) is 0 Å². The first-order valence-electron chi connectivity index (χ1n) is 7.50. The molecule has 2 aromatic carbocycles. The van der Waals surface area contributed by atoms with E-state index in [9.17, 15) is 9.59 Å². The van der Waals surface area contributed by atoms with Gasteiger partial charge in [-0.15, -0.1) is 0 Å². The van der Waals surface area contributed by atoms with E-state index in [-0.39, 0.29) is 24.2 Å². The van der Waals surface area contributed by atoms with Crippen LogP contribution in [0.15, 0.2) is 59.1 Å². The molecule has 1 atom stereocenters. The average molecular weight is 373 g/mol. The highest BCUT2D eigenvalue weighted by molar-refractivity contribution is 9.10. The maximum absolute atomic E-state index is 12.3. The summed E-state index contributed by atoms with van der Waals surface area (Å²) in [6.45, 7) is 1.03. The second-order valence-electron chi connectivity index (χ2n) is 5.66. The van der Waals surface area contributed by atoms with Crippen LogP contribution in [0.1, 0.15) is 12.0 Å². The molecule has 0 radical (unpaired) electrons. The summed E-state index contributed by atoms with van der Waals surface area (Å²) in [6, 6.07) is 17.2. The number of amides is 2. The Morgan fingerprint density at radius 1 is 1.13 bits per heavy atom. The standard InChI is InChI=1S/C18H17BrN2O2/c19-15-6-8-16(9-7-15)20-18(23)14-10-17(22)21(12-14)11-13-4-2-1-3-5-13/h1-9,14H,10-12H2,(H,20,23)/t14-/m1/s1. The van der Waals surface area contributed by atoms with Crippen LogP contribution in [0.4, 0.5) is 5.69 Å². The van der Waals surface area contributed by atoms with Crippen molar-refractivity contribution in [3.8, 4) is 0 Å². The normalized spacial score (nSPS) is 17.3. The SMILES string of the molecule is O=C(Nc1ccc(Br)cc1)[C@@H]1CC(=O)N(Cc2ccccc2)C1. The number of anilines is 1. The maximum atomic E-state index is 12.3. The topological polar surface area (TPSA) is 49.4 Å². The van der Waals surface area contributed by atoms with Crippen molar-refractivity contribution in [3.05, 3.63) is 64.6 Å². The summed E-state index contributed by atoms with van der Waals surface area (Å²) < 4.78 is 0.959. The molecule has 0 bridgehead atoms. The van der Waals surface area contributed by atoms with Gasteiger partial charge in [-0.2, -0.15) is 0 Å². The molecular weight excluding hydrogens is 356 g/mol. The quantitative estimate of drug-likeness (QED) is 0.893. The fourth-order valence-corrected chi connectivity index (χ4v) is 2.95. The molecular formula is C18H17BrN2O2. The summed E-state index contributed by atoms with van der Waals surface area (Å²) in [6.07, 6.45) is 0.273. The monoisotopic (exact) mass is 372 g/mol. The molecule has 118 valence electrons. The lowest BCUT2D eigenvalue weighted by Crippen LogP contribution is -2.28. The number of likely N-dealkylation sites (tertiary alicyclic amines) is 1. The van der Waals surface area contributed by atoms with E-state index >= 15 is 0 Å². The van der Waals surface area contributed by atoms with Gasteiger partial charge in [0.1, 0.15) is 0 Å². The molecule has 0 spiro atoms. The van der Waals surface area contributed by atoms with Crippen molar-refractivity contribution in [1.29, 1.82) is 0 Å². The largest absolute Gasteiger partial charge is 0.338 e. The van der Waals surface area contributed by atoms with Gasteiger partial charge in [0.25, 0.3) is 0 Å². The predicted octanol–water partition coefficient (Wildman–Crippen LogP) is 3.44. The number of halogens is 1. The number of benzene rings is 2. The number of carbonyl (C=O) groups is 2. The highest BCUT2D eigenvalue weighted by Crippen LogP contribution is 2.22. The second kappa shape index (κ2) is 6.96. The van der Waals surface area contributed by atoms with Gasteiger partial charge in [-0.25, -0.2) is 0 Å². The Labute approximate surface area is 143 Å². The number of rotatable bonds is 4. The lowest BCUT2D eigenvalue weighted by atomic mass is 10.1. The number of hydrogen-bond acceptors (Lipinski definition) is 2. The lowest BCUT2D eigenvalue weighted by Gasteiger charge is -2.16. The summed E-state index contributed by atoms with van der Waals surface area (Å²) in [5.74, 6) is -0.365. The van der Waals surface area contributed by atoms with E-state index in [4.69, 9.17) is 0 Å². The van der Waals surface area contributed by atoms with Crippen LogP contribution < -0.4 is 5.32 Å². The Morgan fingerprint density at radius 2 is 1.83 bits per heavy atom. The minimum absolute atomic E-state index is 0.0322. The highest BCUT2D eigenvalue weighted by atomic mass is 79.9. The predicted molar refractivity (Wildman–Crippen MR) is 92.7 cm³/mol. The Balaban J connectivity index is 1.60. The zero-order valence-corrected chi connectivity index (χ0v) is 14.1. The van der Waals surface area contributed by atoms with Crippen molar-refractivity contribution in [2.75, 3.05) is 11.9 Å². The lowest BCUT2D eigenvalue weighted by molar-refractivity contribution is -0.128. The van der Waals surface area contributed by atoms with Crippen LogP contribution in [0.25, 0.3) is 0 Å². The zero-order valence-electron chi connectivity index (χ0n) is 12.5. The molecule has 1 fully saturated rings. The molecule has 2 amide bonds. The number of carbonyl (C=O) groups excluding carboxylic acids is 2. The molecule has 23 heavy (non-hydrogen) atoms. The minimum Gasteiger partial charge on any atom is -0.338 e. The van der Waals surface area contributed by atoms with Gasteiger partial charge in [0.2, 0.25) is 11.8 Å². The number of nitrogens with zero attached hydrogens (tertiary/aromatic N) is 1. The molecule has 1 saturated heterocycles. The van der Waals surface area contributed by atoms with Gasteiger partial charge in [-0.1, -0.05) is 46.3 Å². The summed E-state index contributed by atoms with van der Waals surface area (Å²) in [5, 5.41) is 2.88. The van der Waals surface area contributed by atoms with E-state index < -0.39 is 0 Å². The molecule has 0 aliphatic carbocycles. The third-order valence-corrected chi connectivity index (χ3v) is 4.44. The van der Waals surface area contributed by atoms with Gasteiger partial charge in [0, 0.05) is 29.7 Å². The molecule has 0 aromatic heterocycles. The van der Waals surface area contributed by atoms with E-state index in [0.717, 1.165) is 15.7 Å². The summed E-state index contributed by atoms with van der Waals surface area (Å²) in [5.41, 5.74) is 1.82. The number of hydrogen-bond donors (Lipinski definition) is 1. The third-order valence-electron chi connectivity index (χ3n) is 3.91. The van der Waals surface area contributed by atoms with Gasteiger partial charge in [0.15, 0.2) is 0 Å². The Morgan fingerprint density at radius 3 is 2.52 bits per heavy atom. The van der Waals surface area contributed by atoms with Gasteiger partial charge >= 0.3 is 0 Å². The molecule has 3 rings (SSSR count). The van der Waals surface area contributed by atoms with Crippen molar-refractivity contribution < 1.29 is 9.59 Å². The van der Waals surface area contributed by atoms with Crippen LogP contribution in [0.5, 0.6) is 0 Å². The van der Waals surface area contributed by atoms with E-state index in [0.29, 0.717) is 13.1 Å². The van der Waals surface area contributed by atoms with Crippen LogP contribution in [0, 0.1) is 5.92 Å². The van der Waals surface area contributed by atoms with Crippen molar-refractivity contribution in [2.45, 2.75) is 13.0 Å². The second-order valence-corrected chi connectivity index (χ2v) is 6.57. The van der Waals surface area contributed by atoms with Crippen molar-refractivity contribution >= 4 is 33.4 Å². The van der Waals surface area contributed by atoms with E-state index in [2.05, 4.69) is 21.2 Å². The van der Waals surface area contributed by atoms with Gasteiger partial charge in [-0.3, -0.25) is 9.59 Å². The van der Waals surface area contributed by atoms with Crippen LogP contribution in [-0.4, -0.2) is 23.3 Å². The Hall–Kier alpha value is -2.14. The average Bonchev–Trinajstić information content (AvgIpc) is 2.92. The van der Waals surface area contributed by atoms with Gasteiger partial charge in [0.05, 0.1) is 5.92 Å².